The average Bonchev–Trinajstić information content (AvgIpc) is 2.60. The second kappa shape index (κ2) is 9.57. The van der Waals surface area contributed by atoms with Gasteiger partial charge in [-0.25, -0.2) is 0 Å². The van der Waals surface area contributed by atoms with Gasteiger partial charge >= 0.3 is 5.97 Å². The third-order valence-corrected chi connectivity index (χ3v) is 3.57. The highest BCUT2D eigenvalue weighted by Gasteiger charge is 2.08. The fourth-order valence-corrected chi connectivity index (χ4v) is 2.29. The molecule has 2 aromatic rings. The fraction of sp³-hybridized carbons (Fsp3) is 0.350. The van der Waals surface area contributed by atoms with E-state index in [0.717, 1.165) is 11.3 Å². The Bertz CT molecular complexity index is 679. The van der Waals surface area contributed by atoms with Crippen molar-refractivity contribution in [3.63, 3.8) is 0 Å². The van der Waals surface area contributed by atoms with Gasteiger partial charge < -0.3 is 19.3 Å². The molecule has 0 unspecified atom stereocenters. The van der Waals surface area contributed by atoms with Gasteiger partial charge in [-0.1, -0.05) is 23.8 Å². The monoisotopic (exact) mass is 344 g/mol. The molecule has 0 aromatic heterocycles. The van der Waals surface area contributed by atoms with Crippen molar-refractivity contribution in [3.05, 3.63) is 53.6 Å². The molecule has 134 valence electrons. The molecule has 0 fully saturated rings. The molecule has 2 aromatic carbocycles. The van der Waals surface area contributed by atoms with Gasteiger partial charge in [-0.05, 0) is 50.1 Å². The van der Waals surface area contributed by atoms with Gasteiger partial charge in [-0.15, -0.1) is 0 Å². The van der Waals surface area contributed by atoms with Crippen LogP contribution in [-0.4, -0.2) is 30.9 Å². The van der Waals surface area contributed by atoms with Crippen molar-refractivity contribution in [3.8, 4) is 17.2 Å². The van der Waals surface area contributed by atoms with Crippen LogP contribution < -0.4 is 14.2 Å². The van der Waals surface area contributed by atoms with E-state index in [0.29, 0.717) is 37.7 Å². The maximum Gasteiger partial charge on any atom is 0.303 e. The van der Waals surface area contributed by atoms with Crippen LogP contribution in [0.4, 0.5) is 0 Å². The number of hydrogen-bond acceptors (Lipinski definition) is 4. The summed E-state index contributed by atoms with van der Waals surface area (Å²) in [5, 5.41) is 8.78. The summed E-state index contributed by atoms with van der Waals surface area (Å²) in [6.07, 6.45) is 0.558. The lowest BCUT2D eigenvalue weighted by atomic mass is 10.1. The number of carbonyl (C=O) groups is 1. The summed E-state index contributed by atoms with van der Waals surface area (Å²) in [6.45, 7) is 5.26. The third kappa shape index (κ3) is 6.37. The molecule has 0 aliphatic heterocycles. The van der Waals surface area contributed by atoms with Crippen LogP contribution in [0.3, 0.4) is 0 Å². The predicted octanol–water partition coefficient (Wildman–Crippen LogP) is 3.87. The van der Waals surface area contributed by atoms with E-state index >= 15 is 0 Å². The number of ether oxygens (including phenoxy) is 3. The normalized spacial score (nSPS) is 10.3. The van der Waals surface area contributed by atoms with Crippen LogP contribution in [0.15, 0.2) is 42.5 Å². The van der Waals surface area contributed by atoms with Gasteiger partial charge in [0.15, 0.2) is 11.5 Å². The van der Waals surface area contributed by atoms with Crippen molar-refractivity contribution in [1.82, 2.24) is 0 Å². The molecule has 0 bridgehead atoms. The summed E-state index contributed by atoms with van der Waals surface area (Å²) in [6, 6.07) is 13.4. The first kappa shape index (κ1) is 18.6. The second-order valence-corrected chi connectivity index (χ2v) is 5.62. The minimum atomic E-state index is -0.813. The van der Waals surface area contributed by atoms with E-state index < -0.39 is 5.97 Å². The molecule has 5 heteroatoms. The van der Waals surface area contributed by atoms with E-state index in [1.165, 1.54) is 5.56 Å². The Morgan fingerprint density at radius 3 is 2.36 bits per heavy atom. The number of aliphatic carboxylic acids is 1. The smallest absolute Gasteiger partial charge is 0.303 e. The molecule has 0 radical (unpaired) electrons. The Labute approximate surface area is 148 Å². The van der Waals surface area contributed by atoms with E-state index in [1.54, 1.807) is 0 Å². The van der Waals surface area contributed by atoms with Crippen molar-refractivity contribution in [2.45, 2.75) is 26.7 Å². The van der Waals surface area contributed by atoms with Gasteiger partial charge in [0.05, 0.1) is 6.61 Å². The quantitative estimate of drug-likeness (QED) is 0.663. The molecule has 0 aliphatic carbocycles. The van der Waals surface area contributed by atoms with Gasteiger partial charge in [0.25, 0.3) is 0 Å². The van der Waals surface area contributed by atoms with Gasteiger partial charge in [0.2, 0.25) is 0 Å². The molecule has 0 spiro atoms. The van der Waals surface area contributed by atoms with Crippen LogP contribution in [0.1, 0.15) is 24.5 Å². The Kier molecular flexibility index (Phi) is 7.14. The molecule has 1 N–H and O–H groups in total. The minimum Gasteiger partial charge on any atom is -0.490 e. The predicted molar refractivity (Wildman–Crippen MR) is 95.7 cm³/mol. The van der Waals surface area contributed by atoms with E-state index in [4.69, 9.17) is 19.3 Å². The number of benzene rings is 2. The Morgan fingerprint density at radius 2 is 1.68 bits per heavy atom. The molecule has 0 saturated carbocycles. The Hall–Kier alpha value is -2.69. The van der Waals surface area contributed by atoms with Gasteiger partial charge in [0.1, 0.15) is 19.0 Å². The summed E-state index contributed by atoms with van der Waals surface area (Å²) < 4.78 is 17.0. The Morgan fingerprint density at radius 1 is 0.960 bits per heavy atom. The van der Waals surface area contributed by atoms with E-state index in [-0.39, 0.29) is 6.42 Å². The zero-order valence-corrected chi connectivity index (χ0v) is 14.7. The lowest BCUT2D eigenvalue weighted by molar-refractivity contribution is -0.136. The minimum absolute atomic E-state index is 0.0934. The molecular weight excluding hydrogens is 320 g/mol. The lowest BCUT2D eigenvalue weighted by Gasteiger charge is -2.14. The summed E-state index contributed by atoms with van der Waals surface area (Å²) in [7, 11) is 0. The van der Waals surface area contributed by atoms with Crippen LogP contribution in [0.2, 0.25) is 0 Å². The zero-order chi connectivity index (χ0) is 18.1. The molecular formula is C20H24O5. The number of rotatable bonds is 10. The molecule has 0 aliphatic rings. The third-order valence-electron chi connectivity index (χ3n) is 3.57. The van der Waals surface area contributed by atoms with Crippen molar-refractivity contribution in [1.29, 1.82) is 0 Å². The number of hydrogen-bond donors (Lipinski definition) is 1. The van der Waals surface area contributed by atoms with Crippen molar-refractivity contribution < 1.29 is 24.1 Å². The summed E-state index contributed by atoms with van der Waals surface area (Å²) in [4.78, 5) is 10.7. The number of aryl methyl sites for hydroxylation is 2. The molecule has 0 heterocycles. The zero-order valence-electron chi connectivity index (χ0n) is 14.7. The highest BCUT2D eigenvalue weighted by molar-refractivity contribution is 5.67. The second-order valence-electron chi connectivity index (χ2n) is 5.62. The van der Waals surface area contributed by atoms with Crippen LogP contribution in [0.25, 0.3) is 0 Å². The van der Waals surface area contributed by atoms with Crippen LogP contribution in [-0.2, 0) is 11.2 Å². The summed E-state index contributed by atoms with van der Waals surface area (Å²) in [5.74, 6) is 1.25. The highest BCUT2D eigenvalue weighted by Crippen LogP contribution is 2.29. The van der Waals surface area contributed by atoms with Crippen molar-refractivity contribution >= 4 is 5.97 Å². The van der Waals surface area contributed by atoms with Gasteiger partial charge in [-0.2, -0.15) is 0 Å². The highest BCUT2D eigenvalue weighted by atomic mass is 16.5. The van der Waals surface area contributed by atoms with Crippen LogP contribution in [0, 0.1) is 6.92 Å². The molecule has 2 rings (SSSR count). The summed E-state index contributed by atoms with van der Waals surface area (Å²) in [5.41, 5.74) is 2.10. The largest absolute Gasteiger partial charge is 0.490 e. The first-order valence-corrected chi connectivity index (χ1v) is 8.38. The summed E-state index contributed by atoms with van der Waals surface area (Å²) >= 11 is 0. The molecule has 5 nitrogen and oxygen atoms in total. The number of carboxylic acid groups (broad SMARTS) is 1. The van der Waals surface area contributed by atoms with Crippen molar-refractivity contribution in [2.24, 2.45) is 0 Å². The topological polar surface area (TPSA) is 65.0 Å². The van der Waals surface area contributed by atoms with Crippen LogP contribution in [0.5, 0.6) is 17.2 Å². The molecule has 25 heavy (non-hydrogen) atoms. The fourth-order valence-electron chi connectivity index (χ4n) is 2.29. The SMILES string of the molecule is CCOc1cc(CCC(=O)O)ccc1OCCOc1ccc(C)cc1. The lowest BCUT2D eigenvalue weighted by Crippen LogP contribution is -2.10. The first-order chi connectivity index (χ1) is 12.1. The molecule has 0 atom stereocenters. The standard InChI is InChI=1S/C20H24O5/c1-3-23-19-14-16(7-11-20(21)22)6-10-18(19)25-13-12-24-17-8-4-15(2)5-9-17/h4-6,8-10,14H,3,7,11-13H2,1-2H3,(H,21,22). The van der Waals surface area contributed by atoms with Gasteiger partial charge in [0, 0.05) is 6.42 Å². The Balaban J connectivity index is 1.88. The molecule has 0 saturated heterocycles. The van der Waals surface area contributed by atoms with Crippen molar-refractivity contribution in [2.75, 3.05) is 19.8 Å². The van der Waals surface area contributed by atoms with E-state index in [2.05, 4.69) is 0 Å². The van der Waals surface area contributed by atoms with E-state index in [1.807, 2.05) is 56.3 Å². The maximum atomic E-state index is 10.7. The average molecular weight is 344 g/mol. The number of carboxylic acids is 1. The first-order valence-electron chi connectivity index (χ1n) is 8.38. The van der Waals surface area contributed by atoms with E-state index in [9.17, 15) is 4.79 Å². The maximum absolute atomic E-state index is 10.7. The molecule has 0 amide bonds. The van der Waals surface area contributed by atoms with Crippen LogP contribution >= 0.6 is 0 Å². The van der Waals surface area contributed by atoms with Gasteiger partial charge in [-0.3, -0.25) is 4.79 Å².